The Morgan fingerprint density at radius 2 is 0.333 bits per heavy atom. The molecule has 0 amide bonds. The molecule has 0 aliphatic rings. The second-order valence-corrected chi connectivity index (χ2v) is 0. The van der Waals surface area contributed by atoms with Gasteiger partial charge >= 0.3 is 19.5 Å². The van der Waals surface area contributed by atoms with Crippen LogP contribution in [0.2, 0.25) is 0 Å². The molecule has 0 aromatic rings. The quantitative estimate of drug-likeness (QED) is 0.330. The Hall–Kier alpha value is 1.62. The van der Waals surface area contributed by atoms with Crippen LogP contribution in [-0.2, 0) is 19.5 Å². The minimum atomic E-state index is 0. The Morgan fingerprint density at radius 1 is 0.333 bits per heavy atom. The van der Waals surface area contributed by atoms with Gasteiger partial charge in [-0.15, -0.1) is 0 Å². The van der Waals surface area contributed by atoms with E-state index in [0.717, 1.165) is 0 Å². The van der Waals surface area contributed by atoms with Crippen LogP contribution in [0.1, 0.15) is 0 Å². The molecule has 0 radical (unpaired) electrons. The zero-order valence-electron chi connectivity index (χ0n) is 4.69. The standard InChI is InChI=1S/4ClH.4H3N.Ru/h4*1H;4*1H3;/q;;;;;;;;+4/p-4. The van der Waals surface area contributed by atoms with E-state index in [0.29, 0.717) is 0 Å². The van der Waals surface area contributed by atoms with E-state index in [1.54, 1.807) is 0 Å². The fraction of sp³-hybridized carbons (Fsp3) is 0. The SMILES string of the molecule is N.N.N.N.[Cl-].[Cl-].[Cl-].[Cl-].[Ru+4]. The third kappa shape index (κ3) is 212. The topological polar surface area (TPSA) is 140 Å². The van der Waals surface area contributed by atoms with Crippen molar-refractivity contribution < 1.29 is 69.1 Å². The van der Waals surface area contributed by atoms with Crippen LogP contribution in [-0.4, -0.2) is 0 Å². The van der Waals surface area contributed by atoms with Gasteiger partial charge in [0.05, 0.1) is 0 Å². The van der Waals surface area contributed by atoms with Crippen LogP contribution >= 0.6 is 0 Å². The number of hydrogen-bond donors (Lipinski definition) is 4. The summed E-state index contributed by atoms with van der Waals surface area (Å²) >= 11 is 0. The minimum Gasteiger partial charge on any atom is -1.00 e. The van der Waals surface area contributed by atoms with Crippen LogP contribution in [0.3, 0.4) is 0 Å². The summed E-state index contributed by atoms with van der Waals surface area (Å²) < 4.78 is 0. The second kappa shape index (κ2) is 272. The molecule has 0 aromatic heterocycles. The van der Waals surface area contributed by atoms with Crippen LogP contribution in [0.5, 0.6) is 0 Å². The zero-order chi connectivity index (χ0) is 0. The van der Waals surface area contributed by atoms with Gasteiger partial charge in [0.1, 0.15) is 0 Å². The fourth-order valence-corrected chi connectivity index (χ4v) is 0. The van der Waals surface area contributed by atoms with E-state index in [4.69, 9.17) is 0 Å². The van der Waals surface area contributed by atoms with Crippen molar-refractivity contribution in [1.29, 1.82) is 0 Å². The van der Waals surface area contributed by atoms with E-state index in [2.05, 4.69) is 0 Å². The van der Waals surface area contributed by atoms with Gasteiger partial charge in [0.15, 0.2) is 0 Å². The summed E-state index contributed by atoms with van der Waals surface area (Å²) in [4.78, 5) is 0. The molecule has 0 atom stereocenters. The summed E-state index contributed by atoms with van der Waals surface area (Å²) in [6.07, 6.45) is 0. The van der Waals surface area contributed by atoms with E-state index >= 15 is 0 Å². The van der Waals surface area contributed by atoms with Gasteiger partial charge in [-0.2, -0.15) is 0 Å². The van der Waals surface area contributed by atoms with Crippen molar-refractivity contribution in [2.75, 3.05) is 0 Å². The van der Waals surface area contributed by atoms with E-state index in [1.165, 1.54) is 0 Å². The molecule has 9 heavy (non-hydrogen) atoms. The monoisotopic (exact) mass is 310 g/mol. The normalized spacial score (nSPS) is 0. The summed E-state index contributed by atoms with van der Waals surface area (Å²) in [5.74, 6) is 0. The molecule has 4 nitrogen and oxygen atoms in total. The van der Waals surface area contributed by atoms with Gasteiger partial charge in [-0.1, -0.05) is 0 Å². The first-order valence-electron chi connectivity index (χ1n) is 0. The Bertz CT molecular complexity index is 12.5. The maximum atomic E-state index is 0. The van der Waals surface area contributed by atoms with Gasteiger partial charge in [0.25, 0.3) is 0 Å². The molecule has 0 bridgehead atoms. The molecule has 68 valence electrons. The Labute approximate surface area is 93.4 Å². The summed E-state index contributed by atoms with van der Waals surface area (Å²) in [6, 6.07) is 0. The molecule has 0 aliphatic heterocycles. The summed E-state index contributed by atoms with van der Waals surface area (Å²) in [5.41, 5.74) is 0. The first-order valence-corrected chi connectivity index (χ1v) is 0. The molecule has 0 heterocycles. The van der Waals surface area contributed by atoms with Gasteiger partial charge in [0.2, 0.25) is 0 Å². The van der Waals surface area contributed by atoms with Crippen molar-refractivity contribution in [2.45, 2.75) is 0 Å². The number of halogens is 4. The van der Waals surface area contributed by atoms with E-state index in [-0.39, 0.29) is 93.7 Å². The third-order valence-corrected chi connectivity index (χ3v) is 0. The molecule has 0 aromatic carbocycles. The first-order chi connectivity index (χ1) is 0. The predicted molar refractivity (Wildman–Crippen MR) is 20.1 cm³/mol. The van der Waals surface area contributed by atoms with Crippen molar-refractivity contribution >= 4 is 0 Å². The molecule has 0 saturated heterocycles. The van der Waals surface area contributed by atoms with E-state index in [1.807, 2.05) is 0 Å². The molecule has 0 fully saturated rings. The second-order valence-electron chi connectivity index (χ2n) is 0. The smallest absolute Gasteiger partial charge is 1.00 e. The molecule has 9 heteroatoms. The number of rotatable bonds is 0. The van der Waals surface area contributed by atoms with Crippen LogP contribution in [0.25, 0.3) is 0 Å². The summed E-state index contributed by atoms with van der Waals surface area (Å²) in [7, 11) is 0. The molecule has 0 saturated carbocycles. The molecule has 0 spiro atoms. The molecule has 0 rings (SSSR count). The van der Waals surface area contributed by atoms with E-state index < -0.39 is 0 Å². The van der Waals surface area contributed by atoms with E-state index in [9.17, 15) is 0 Å². The van der Waals surface area contributed by atoms with Crippen LogP contribution in [0.4, 0.5) is 0 Å². The number of hydrogen-bond acceptors (Lipinski definition) is 4. The molecule has 0 unspecified atom stereocenters. The Kier molecular flexibility index (Phi) is 11300. The molecule has 0 aliphatic carbocycles. The molecular weight excluding hydrogens is 299 g/mol. The Balaban J connectivity index is 0. The van der Waals surface area contributed by atoms with Crippen molar-refractivity contribution in [3.63, 3.8) is 0 Å². The summed E-state index contributed by atoms with van der Waals surface area (Å²) in [6.45, 7) is 0. The maximum Gasteiger partial charge on any atom is 4.00 e. The van der Waals surface area contributed by atoms with Gasteiger partial charge < -0.3 is 74.2 Å². The van der Waals surface area contributed by atoms with Gasteiger partial charge in [-0.3, -0.25) is 0 Å². The molecular formula is H12Cl4N4Ru. The van der Waals surface area contributed by atoms with Crippen molar-refractivity contribution in [2.24, 2.45) is 0 Å². The Morgan fingerprint density at radius 3 is 0.333 bits per heavy atom. The van der Waals surface area contributed by atoms with Crippen LogP contribution in [0, 0.1) is 0 Å². The fourth-order valence-electron chi connectivity index (χ4n) is 0. The zero-order valence-corrected chi connectivity index (χ0v) is 9.46. The van der Waals surface area contributed by atoms with Crippen molar-refractivity contribution in [3.05, 3.63) is 0 Å². The maximum absolute atomic E-state index is 0. The first kappa shape index (κ1) is 373. The third-order valence-electron chi connectivity index (χ3n) is 0. The van der Waals surface area contributed by atoms with Crippen molar-refractivity contribution in [1.82, 2.24) is 24.6 Å². The summed E-state index contributed by atoms with van der Waals surface area (Å²) in [5, 5.41) is 0. The van der Waals surface area contributed by atoms with Gasteiger partial charge in [-0.25, -0.2) is 0 Å². The predicted octanol–water partition coefficient (Wildman–Crippen LogP) is -11.3. The van der Waals surface area contributed by atoms with Gasteiger partial charge in [0, 0.05) is 0 Å². The molecule has 12 N–H and O–H groups in total. The largest absolute Gasteiger partial charge is 4.00 e. The van der Waals surface area contributed by atoms with Crippen molar-refractivity contribution in [3.8, 4) is 0 Å². The average Bonchev–Trinajstić information content (AvgIpc) is 0. The van der Waals surface area contributed by atoms with Crippen LogP contribution < -0.4 is 74.2 Å². The van der Waals surface area contributed by atoms with Crippen LogP contribution in [0.15, 0.2) is 0 Å². The minimum absolute atomic E-state index is 0. The van der Waals surface area contributed by atoms with Gasteiger partial charge in [-0.05, 0) is 0 Å². The average molecular weight is 311 g/mol.